The number of nitrogen functional groups attached to an aromatic ring is 1. The lowest BCUT2D eigenvalue weighted by molar-refractivity contribution is 0.536. The van der Waals surface area contributed by atoms with Crippen molar-refractivity contribution in [3.05, 3.63) is 44.3 Å². The van der Waals surface area contributed by atoms with Crippen molar-refractivity contribution in [3.63, 3.8) is 0 Å². The standard InChI is InChI=1S/C21H26FIN6/c1-2-25-8-3-4-9-29-17(26-18-19(24)27-21(22)28-20(18)29)12-15-10-13-6-5-7-14(13)11-16(15)23/h10-11,25H,2-9,12H2,1H3,(H2,24,27,28). The molecule has 6 nitrogen and oxygen atoms in total. The molecule has 0 radical (unpaired) electrons. The third kappa shape index (κ3) is 4.37. The smallest absolute Gasteiger partial charge is 0.312 e. The number of rotatable bonds is 8. The number of fused-ring (bicyclic) bond motifs is 2. The lowest BCUT2D eigenvalue weighted by Crippen LogP contribution is -2.15. The van der Waals surface area contributed by atoms with Crippen molar-refractivity contribution in [3.8, 4) is 0 Å². The first kappa shape index (κ1) is 20.5. The summed E-state index contributed by atoms with van der Waals surface area (Å²) in [7, 11) is 0. The van der Waals surface area contributed by atoms with Gasteiger partial charge in [0.15, 0.2) is 17.0 Å². The number of aromatic nitrogens is 4. The summed E-state index contributed by atoms with van der Waals surface area (Å²) in [4.78, 5) is 12.4. The zero-order valence-corrected chi connectivity index (χ0v) is 18.8. The van der Waals surface area contributed by atoms with Gasteiger partial charge in [-0.25, -0.2) is 4.98 Å². The predicted molar refractivity (Wildman–Crippen MR) is 121 cm³/mol. The lowest BCUT2D eigenvalue weighted by Gasteiger charge is -2.11. The average Bonchev–Trinajstić information content (AvgIpc) is 3.26. The molecule has 0 fully saturated rings. The summed E-state index contributed by atoms with van der Waals surface area (Å²) in [5.74, 6) is 0.967. The van der Waals surface area contributed by atoms with Crippen molar-refractivity contribution in [2.75, 3.05) is 18.8 Å². The highest BCUT2D eigenvalue weighted by Gasteiger charge is 2.19. The summed E-state index contributed by atoms with van der Waals surface area (Å²) in [6.45, 7) is 4.76. The highest BCUT2D eigenvalue weighted by molar-refractivity contribution is 14.1. The molecule has 4 rings (SSSR count). The van der Waals surface area contributed by atoms with Gasteiger partial charge in [0.25, 0.3) is 0 Å². The number of hydrogen-bond acceptors (Lipinski definition) is 5. The van der Waals surface area contributed by atoms with Crippen LogP contribution in [0.4, 0.5) is 10.2 Å². The van der Waals surface area contributed by atoms with Crippen molar-refractivity contribution in [2.24, 2.45) is 0 Å². The Hall–Kier alpha value is -1.81. The third-order valence-electron chi connectivity index (χ3n) is 5.52. The van der Waals surface area contributed by atoms with Crippen LogP contribution in [0, 0.1) is 9.65 Å². The molecule has 2 heterocycles. The Bertz CT molecular complexity index is 1030. The number of imidazole rings is 1. The first-order valence-electron chi connectivity index (χ1n) is 10.3. The number of nitrogens with two attached hydrogens (primary N) is 1. The predicted octanol–water partition coefficient (Wildman–Crippen LogP) is 3.62. The molecule has 0 spiro atoms. The van der Waals surface area contributed by atoms with Gasteiger partial charge in [0.2, 0.25) is 0 Å². The Kier molecular flexibility index (Phi) is 6.29. The Morgan fingerprint density at radius 1 is 1.17 bits per heavy atom. The lowest BCUT2D eigenvalue weighted by atomic mass is 10.0. The summed E-state index contributed by atoms with van der Waals surface area (Å²) in [5.41, 5.74) is 11.1. The normalized spacial score (nSPS) is 13.3. The van der Waals surface area contributed by atoms with Crippen LogP contribution in [-0.4, -0.2) is 32.6 Å². The molecular formula is C21H26FIN6. The van der Waals surface area contributed by atoms with E-state index in [2.05, 4.69) is 56.9 Å². The number of hydrogen-bond donors (Lipinski definition) is 2. The minimum absolute atomic E-state index is 0.101. The molecular weight excluding hydrogens is 482 g/mol. The molecule has 0 saturated carbocycles. The van der Waals surface area contributed by atoms with E-state index >= 15 is 0 Å². The molecule has 0 saturated heterocycles. The van der Waals surface area contributed by atoms with Crippen molar-refractivity contribution in [2.45, 2.75) is 52.0 Å². The van der Waals surface area contributed by atoms with Crippen LogP contribution >= 0.6 is 22.6 Å². The maximum Gasteiger partial charge on any atom is 0.312 e. The molecule has 0 bridgehead atoms. The number of nitrogens with one attached hydrogen (secondary N) is 1. The van der Waals surface area contributed by atoms with E-state index in [0.29, 0.717) is 17.6 Å². The monoisotopic (exact) mass is 508 g/mol. The minimum Gasteiger partial charge on any atom is -0.382 e. The number of aryl methyl sites for hydroxylation is 3. The minimum atomic E-state index is -0.803. The van der Waals surface area contributed by atoms with Gasteiger partial charge in [0, 0.05) is 16.5 Å². The van der Waals surface area contributed by atoms with Crippen LogP contribution in [0.25, 0.3) is 11.2 Å². The molecule has 0 amide bonds. The second kappa shape index (κ2) is 8.91. The Morgan fingerprint density at radius 2 is 1.97 bits per heavy atom. The largest absolute Gasteiger partial charge is 0.382 e. The van der Waals surface area contributed by atoms with Crippen molar-refractivity contribution < 1.29 is 4.39 Å². The fourth-order valence-corrected chi connectivity index (χ4v) is 4.78. The van der Waals surface area contributed by atoms with Gasteiger partial charge >= 0.3 is 6.08 Å². The fraction of sp³-hybridized carbons (Fsp3) is 0.476. The highest BCUT2D eigenvalue weighted by atomic mass is 127. The summed E-state index contributed by atoms with van der Waals surface area (Å²) in [5, 5.41) is 3.34. The van der Waals surface area contributed by atoms with Crippen LogP contribution < -0.4 is 11.1 Å². The number of halogens is 2. The summed E-state index contributed by atoms with van der Waals surface area (Å²) >= 11 is 2.41. The van der Waals surface area contributed by atoms with Crippen molar-refractivity contribution in [1.29, 1.82) is 0 Å². The van der Waals surface area contributed by atoms with Crippen LogP contribution in [0.3, 0.4) is 0 Å². The second-order valence-electron chi connectivity index (χ2n) is 7.53. The maximum atomic E-state index is 13.9. The topological polar surface area (TPSA) is 81.7 Å². The van der Waals surface area contributed by atoms with Crippen molar-refractivity contribution in [1.82, 2.24) is 24.8 Å². The van der Waals surface area contributed by atoms with Gasteiger partial charge in [-0.3, -0.25) is 0 Å². The second-order valence-corrected chi connectivity index (χ2v) is 8.70. The zero-order valence-electron chi connectivity index (χ0n) is 16.6. The first-order chi connectivity index (χ1) is 14.1. The Labute approximate surface area is 183 Å². The summed E-state index contributed by atoms with van der Waals surface area (Å²) in [6, 6.07) is 4.62. The number of unbranched alkanes of at least 4 members (excludes halogenated alkanes) is 1. The van der Waals surface area contributed by atoms with Crippen LogP contribution in [0.2, 0.25) is 0 Å². The van der Waals surface area contributed by atoms with E-state index < -0.39 is 6.08 Å². The molecule has 2 aromatic heterocycles. The van der Waals surface area contributed by atoms with Crippen LogP contribution in [0.1, 0.15) is 48.7 Å². The number of benzene rings is 1. The van der Waals surface area contributed by atoms with Crippen LogP contribution in [-0.2, 0) is 25.8 Å². The van der Waals surface area contributed by atoms with Gasteiger partial charge in [-0.05, 0) is 90.5 Å². The SMILES string of the molecule is CCNCCCCn1c(Cc2cc3c(cc2I)CCC3)nc2c(N)nc(F)nc21. The van der Waals surface area contributed by atoms with E-state index in [-0.39, 0.29) is 5.82 Å². The van der Waals surface area contributed by atoms with Gasteiger partial charge in [-0.2, -0.15) is 14.4 Å². The molecule has 1 aliphatic carbocycles. The first-order valence-corrected chi connectivity index (χ1v) is 11.3. The summed E-state index contributed by atoms with van der Waals surface area (Å²) in [6.07, 6.45) is 5.40. The van der Waals surface area contributed by atoms with Crippen LogP contribution in [0.15, 0.2) is 12.1 Å². The van der Waals surface area contributed by atoms with Gasteiger partial charge < -0.3 is 15.6 Å². The molecule has 0 aliphatic heterocycles. The maximum absolute atomic E-state index is 13.9. The molecule has 3 N–H and O–H groups in total. The molecule has 0 unspecified atom stereocenters. The average molecular weight is 508 g/mol. The van der Waals surface area contributed by atoms with E-state index in [0.717, 1.165) is 44.7 Å². The van der Waals surface area contributed by atoms with Crippen LogP contribution in [0.5, 0.6) is 0 Å². The van der Waals surface area contributed by atoms with E-state index in [1.54, 1.807) is 0 Å². The van der Waals surface area contributed by atoms with E-state index in [4.69, 9.17) is 10.7 Å². The summed E-state index contributed by atoms with van der Waals surface area (Å²) < 4.78 is 17.1. The highest BCUT2D eigenvalue weighted by Crippen LogP contribution is 2.29. The molecule has 1 aliphatic rings. The Balaban J connectivity index is 1.67. The van der Waals surface area contributed by atoms with Crippen molar-refractivity contribution >= 4 is 39.6 Å². The fourth-order valence-electron chi connectivity index (χ4n) is 4.06. The molecule has 154 valence electrons. The zero-order chi connectivity index (χ0) is 20.4. The Morgan fingerprint density at radius 3 is 2.76 bits per heavy atom. The van der Waals surface area contributed by atoms with E-state index in [1.165, 1.54) is 33.1 Å². The number of nitrogens with zero attached hydrogens (tertiary/aromatic N) is 4. The number of anilines is 1. The van der Waals surface area contributed by atoms with Gasteiger partial charge in [0.05, 0.1) is 0 Å². The third-order valence-corrected chi connectivity index (χ3v) is 6.52. The van der Waals surface area contributed by atoms with E-state index in [9.17, 15) is 4.39 Å². The molecule has 3 aromatic rings. The van der Waals surface area contributed by atoms with Gasteiger partial charge in [-0.1, -0.05) is 13.0 Å². The molecule has 8 heteroatoms. The molecule has 1 aromatic carbocycles. The van der Waals surface area contributed by atoms with E-state index in [1.807, 2.05) is 4.57 Å². The quantitative estimate of drug-likeness (QED) is 0.276. The van der Waals surface area contributed by atoms with Gasteiger partial charge in [0.1, 0.15) is 5.82 Å². The molecule has 0 atom stereocenters. The molecule has 29 heavy (non-hydrogen) atoms. The van der Waals surface area contributed by atoms with Gasteiger partial charge in [-0.15, -0.1) is 0 Å².